The predicted molar refractivity (Wildman–Crippen MR) is 59.0 cm³/mol. The fraction of sp³-hybridized carbons (Fsp3) is 0.800. The van der Waals surface area contributed by atoms with Crippen molar-refractivity contribution in [3.63, 3.8) is 0 Å². The van der Waals surface area contributed by atoms with E-state index in [2.05, 4.69) is 0 Å². The molecule has 6 nitrogen and oxygen atoms in total. The molecule has 0 aliphatic rings. The lowest BCUT2D eigenvalue weighted by molar-refractivity contribution is -0.154. The lowest BCUT2D eigenvalue weighted by atomic mass is 10.0. The molecule has 0 aromatic rings. The molecule has 0 aliphatic carbocycles. The molecule has 3 N–H and O–H groups in total. The number of amides is 1. The van der Waals surface area contributed by atoms with Crippen LogP contribution < -0.4 is 5.73 Å². The number of nitrogens with two attached hydrogens (primary N) is 1. The summed E-state index contributed by atoms with van der Waals surface area (Å²) in [5.41, 5.74) is 4.79. The third-order valence-electron chi connectivity index (χ3n) is 2.14. The highest BCUT2D eigenvalue weighted by Gasteiger charge is 2.32. The van der Waals surface area contributed by atoms with Gasteiger partial charge < -0.3 is 20.5 Å². The van der Waals surface area contributed by atoms with Gasteiger partial charge >= 0.3 is 5.97 Å². The average molecular weight is 232 g/mol. The summed E-state index contributed by atoms with van der Waals surface area (Å²) in [5, 5.41) is 8.76. The quantitative estimate of drug-likeness (QED) is 0.677. The van der Waals surface area contributed by atoms with Gasteiger partial charge in [0.2, 0.25) is 0 Å². The minimum absolute atomic E-state index is 0.0293. The van der Waals surface area contributed by atoms with Crippen molar-refractivity contribution in [3.8, 4) is 0 Å². The van der Waals surface area contributed by atoms with E-state index in [1.807, 2.05) is 0 Å². The molecule has 94 valence electrons. The molecule has 0 radical (unpaired) electrons. The van der Waals surface area contributed by atoms with Gasteiger partial charge in [-0.1, -0.05) is 0 Å². The van der Waals surface area contributed by atoms with Crippen LogP contribution in [0.5, 0.6) is 0 Å². The van der Waals surface area contributed by atoms with Gasteiger partial charge in [0, 0.05) is 19.2 Å². The number of ether oxygens (including phenoxy) is 1. The molecule has 1 amide bonds. The SMILES string of the molecule is COC(CN)C(=O)N(CC(=O)O)C(C)(C)C. The molecule has 0 aromatic heterocycles. The van der Waals surface area contributed by atoms with E-state index >= 15 is 0 Å². The van der Waals surface area contributed by atoms with Crippen molar-refractivity contribution in [2.45, 2.75) is 32.4 Å². The Hall–Kier alpha value is -1.14. The largest absolute Gasteiger partial charge is 0.480 e. The summed E-state index contributed by atoms with van der Waals surface area (Å²) in [6, 6.07) is 0. The molecule has 0 spiro atoms. The summed E-state index contributed by atoms with van der Waals surface area (Å²) >= 11 is 0. The highest BCUT2D eigenvalue weighted by molar-refractivity contribution is 5.85. The first-order valence-corrected chi connectivity index (χ1v) is 5.00. The summed E-state index contributed by atoms with van der Waals surface area (Å²) in [7, 11) is 1.37. The van der Waals surface area contributed by atoms with Crippen molar-refractivity contribution in [2.24, 2.45) is 5.73 Å². The van der Waals surface area contributed by atoms with Crippen LogP contribution in [0.2, 0.25) is 0 Å². The molecular weight excluding hydrogens is 212 g/mol. The van der Waals surface area contributed by atoms with Crippen molar-refractivity contribution in [2.75, 3.05) is 20.2 Å². The molecule has 0 aromatic carbocycles. The van der Waals surface area contributed by atoms with Gasteiger partial charge in [-0.25, -0.2) is 0 Å². The summed E-state index contributed by atoms with van der Waals surface area (Å²) in [6.45, 7) is 4.95. The third-order valence-corrected chi connectivity index (χ3v) is 2.14. The Balaban J connectivity index is 4.89. The van der Waals surface area contributed by atoms with Gasteiger partial charge in [-0.3, -0.25) is 9.59 Å². The predicted octanol–water partition coefficient (Wildman–Crippen LogP) is -0.328. The standard InChI is InChI=1S/C10H20N2O4/c1-10(2,3)12(6-8(13)14)9(15)7(5-11)16-4/h7H,5-6,11H2,1-4H3,(H,13,14). The number of aliphatic carboxylic acids is 1. The molecule has 0 aliphatic heterocycles. The average Bonchev–Trinajstić information content (AvgIpc) is 2.14. The number of hydrogen-bond acceptors (Lipinski definition) is 4. The zero-order valence-electron chi connectivity index (χ0n) is 10.2. The molecule has 1 atom stereocenters. The van der Waals surface area contributed by atoms with Crippen molar-refractivity contribution < 1.29 is 19.4 Å². The monoisotopic (exact) mass is 232 g/mol. The first-order chi connectivity index (χ1) is 7.23. The topological polar surface area (TPSA) is 92.9 Å². The number of methoxy groups -OCH3 is 1. The molecular formula is C10H20N2O4. The number of carbonyl (C=O) groups is 2. The molecule has 6 heteroatoms. The van der Waals surface area contributed by atoms with Crippen LogP contribution in [0.4, 0.5) is 0 Å². The van der Waals surface area contributed by atoms with E-state index < -0.39 is 23.5 Å². The van der Waals surface area contributed by atoms with E-state index in [0.29, 0.717) is 0 Å². The van der Waals surface area contributed by atoms with E-state index in [4.69, 9.17) is 15.6 Å². The van der Waals surface area contributed by atoms with Crippen LogP contribution in [0.15, 0.2) is 0 Å². The minimum Gasteiger partial charge on any atom is -0.480 e. The van der Waals surface area contributed by atoms with E-state index in [1.165, 1.54) is 12.0 Å². The number of nitrogens with zero attached hydrogens (tertiary/aromatic N) is 1. The zero-order valence-corrected chi connectivity index (χ0v) is 10.2. The van der Waals surface area contributed by atoms with Gasteiger partial charge in [0.1, 0.15) is 12.6 Å². The van der Waals surface area contributed by atoms with E-state index in [0.717, 1.165) is 0 Å². The van der Waals surface area contributed by atoms with Gasteiger partial charge in [-0.05, 0) is 20.8 Å². The Morgan fingerprint density at radius 2 is 1.94 bits per heavy atom. The Kier molecular flexibility index (Phi) is 5.40. The molecule has 0 saturated carbocycles. The smallest absolute Gasteiger partial charge is 0.323 e. The Morgan fingerprint density at radius 3 is 2.19 bits per heavy atom. The Morgan fingerprint density at radius 1 is 1.44 bits per heavy atom. The van der Waals surface area contributed by atoms with Crippen LogP contribution in [0.3, 0.4) is 0 Å². The summed E-state index contributed by atoms with van der Waals surface area (Å²) < 4.78 is 4.91. The molecule has 16 heavy (non-hydrogen) atoms. The van der Waals surface area contributed by atoms with Crippen LogP contribution in [-0.2, 0) is 14.3 Å². The second kappa shape index (κ2) is 5.81. The molecule has 0 saturated heterocycles. The molecule has 0 bridgehead atoms. The Bertz CT molecular complexity index is 256. The molecule has 0 fully saturated rings. The maximum absolute atomic E-state index is 11.9. The lowest BCUT2D eigenvalue weighted by Gasteiger charge is -2.36. The zero-order chi connectivity index (χ0) is 12.9. The maximum Gasteiger partial charge on any atom is 0.323 e. The van der Waals surface area contributed by atoms with Crippen LogP contribution in [0.1, 0.15) is 20.8 Å². The third kappa shape index (κ3) is 4.16. The Labute approximate surface area is 95.4 Å². The van der Waals surface area contributed by atoms with Crippen LogP contribution in [-0.4, -0.2) is 53.7 Å². The highest BCUT2D eigenvalue weighted by Crippen LogP contribution is 2.15. The van der Waals surface area contributed by atoms with Crippen LogP contribution in [0.25, 0.3) is 0 Å². The highest BCUT2D eigenvalue weighted by atomic mass is 16.5. The number of rotatable bonds is 5. The second-order valence-corrected chi connectivity index (χ2v) is 4.45. The molecule has 1 unspecified atom stereocenters. The minimum atomic E-state index is -1.06. The lowest BCUT2D eigenvalue weighted by Crippen LogP contribution is -2.53. The number of hydrogen-bond donors (Lipinski definition) is 2. The maximum atomic E-state index is 11.9. The first-order valence-electron chi connectivity index (χ1n) is 5.00. The van der Waals surface area contributed by atoms with E-state index in [1.54, 1.807) is 20.8 Å². The summed E-state index contributed by atoms with van der Waals surface area (Å²) in [4.78, 5) is 23.9. The first kappa shape index (κ1) is 14.9. The van der Waals surface area contributed by atoms with Crippen molar-refractivity contribution in [1.29, 1.82) is 0 Å². The van der Waals surface area contributed by atoms with Crippen LogP contribution in [0, 0.1) is 0 Å². The van der Waals surface area contributed by atoms with Gasteiger partial charge in [0.15, 0.2) is 0 Å². The van der Waals surface area contributed by atoms with Gasteiger partial charge in [0.05, 0.1) is 0 Å². The van der Waals surface area contributed by atoms with Crippen molar-refractivity contribution in [3.05, 3.63) is 0 Å². The van der Waals surface area contributed by atoms with Gasteiger partial charge in [0.25, 0.3) is 5.91 Å². The van der Waals surface area contributed by atoms with E-state index in [-0.39, 0.29) is 13.1 Å². The number of carboxylic acid groups (broad SMARTS) is 1. The van der Waals surface area contributed by atoms with Gasteiger partial charge in [-0.15, -0.1) is 0 Å². The number of carbonyl (C=O) groups excluding carboxylic acids is 1. The molecule has 0 heterocycles. The summed E-state index contributed by atoms with van der Waals surface area (Å²) in [6.07, 6.45) is -0.793. The van der Waals surface area contributed by atoms with E-state index in [9.17, 15) is 9.59 Å². The van der Waals surface area contributed by atoms with Crippen LogP contribution >= 0.6 is 0 Å². The fourth-order valence-corrected chi connectivity index (χ4v) is 1.25. The fourth-order valence-electron chi connectivity index (χ4n) is 1.25. The second-order valence-electron chi connectivity index (χ2n) is 4.45. The molecule has 0 rings (SSSR count). The normalized spacial score (nSPS) is 13.3. The van der Waals surface area contributed by atoms with Crippen molar-refractivity contribution >= 4 is 11.9 Å². The number of carboxylic acids is 1. The van der Waals surface area contributed by atoms with Crippen molar-refractivity contribution in [1.82, 2.24) is 4.90 Å². The summed E-state index contributed by atoms with van der Waals surface area (Å²) in [5.74, 6) is -1.46. The van der Waals surface area contributed by atoms with Gasteiger partial charge in [-0.2, -0.15) is 0 Å².